The molecule has 29 heavy (non-hydrogen) atoms. The van der Waals surface area contributed by atoms with Crippen molar-refractivity contribution in [3.8, 4) is 0 Å². The molecular formula is C24H33N3O2. The zero-order valence-corrected chi connectivity index (χ0v) is 17.9. The Morgan fingerprint density at radius 1 is 1.00 bits per heavy atom. The number of aryl methyl sites for hydroxylation is 1. The first-order valence-corrected chi connectivity index (χ1v) is 10.3. The topological polar surface area (TPSA) is 71.1 Å². The van der Waals surface area contributed by atoms with Gasteiger partial charge in [0, 0.05) is 12.4 Å². The minimum Gasteiger partial charge on any atom is -0.345 e. The number of hydrogen-bond donors (Lipinski definition) is 2. The number of carbonyl (C=O) groups is 2. The first kappa shape index (κ1) is 22.8. The van der Waals surface area contributed by atoms with Crippen molar-refractivity contribution in [1.82, 2.24) is 15.6 Å². The van der Waals surface area contributed by atoms with Gasteiger partial charge in [0.1, 0.15) is 0 Å². The molecular weight excluding hydrogens is 362 g/mol. The maximum absolute atomic E-state index is 13.0. The molecule has 0 saturated carbocycles. The second-order valence-electron chi connectivity index (χ2n) is 8.12. The van der Waals surface area contributed by atoms with Crippen LogP contribution < -0.4 is 10.6 Å². The zero-order valence-electron chi connectivity index (χ0n) is 17.9. The molecule has 1 unspecified atom stereocenters. The summed E-state index contributed by atoms with van der Waals surface area (Å²) in [7, 11) is 0. The van der Waals surface area contributed by atoms with E-state index in [0.29, 0.717) is 18.8 Å². The van der Waals surface area contributed by atoms with E-state index in [1.54, 1.807) is 12.4 Å². The van der Waals surface area contributed by atoms with Gasteiger partial charge in [-0.25, -0.2) is 0 Å². The largest absolute Gasteiger partial charge is 0.345 e. The first-order chi connectivity index (χ1) is 13.8. The summed E-state index contributed by atoms with van der Waals surface area (Å²) in [6.07, 6.45) is 5.51. The van der Waals surface area contributed by atoms with E-state index in [1.165, 1.54) is 12.5 Å². The lowest BCUT2D eigenvalue weighted by Crippen LogP contribution is -2.51. The Hall–Kier alpha value is -2.53. The van der Waals surface area contributed by atoms with Gasteiger partial charge in [-0.2, -0.15) is 0 Å². The van der Waals surface area contributed by atoms with Gasteiger partial charge in [-0.05, 0) is 62.8 Å². The van der Waals surface area contributed by atoms with Crippen molar-refractivity contribution in [2.75, 3.05) is 6.54 Å². The molecule has 0 aliphatic carbocycles. The minimum absolute atomic E-state index is 0.0405. The fourth-order valence-electron chi connectivity index (χ4n) is 3.09. The Balaban J connectivity index is 2.07. The van der Waals surface area contributed by atoms with Crippen LogP contribution in [0.1, 0.15) is 43.9 Å². The van der Waals surface area contributed by atoms with Gasteiger partial charge in [-0.3, -0.25) is 14.6 Å². The second-order valence-corrected chi connectivity index (χ2v) is 8.12. The summed E-state index contributed by atoms with van der Waals surface area (Å²) in [6.45, 7) is 8.62. The third-order valence-electron chi connectivity index (χ3n) is 4.96. The molecule has 1 heterocycles. The number of nitrogens with one attached hydrogen (secondary N) is 2. The molecule has 2 atom stereocenters. The number of Topliss-reactive ketones (excluding diaryl/α,β-unsaturated/α-hetero) is 1. The molecule has 1 aromatic heterocycles. The van der Waals surface area contributed by atoms with Crippen LogP contribution in [0, 0.1) is 12.8 Å². The Labute approximate surface area is 174 Å². The van der Waals surface area contributed by atoms with Crippen molar-refractivity contribution < 1.29 is 9.59 Å². The molecule has 2 N–H and O–H groups in total. The fourth-order valence-corrected chi connectivity index (χ4v) is 3.09. The monoisotopic (exact) mass is 395 g/mol. The van der Waals surface area contributed by atoms with E-state index >= 15 is 0 Å². The quantitative estimate of drug-likeness (QED) is 0.613. The summed E-state index contributed by atoms with van der Waals surface area (Å²) < 4.78 is 0. The molecule has 156 valence electrons. The molecule has 0 saturated heterocycles. The van der Waals surface area contributed by atoms with Crippen LogP contribution in [0.5, 0.6) is 0 Å². The average molecular weight is 396 g/mol. The Morgan fingerprint density at radius 3 is 2.28 bits per heavy atom. The number of aromatic nitrogens is 1. The summed E-state index contributed by atoms with van der Waals surface area (Å²) in [5, 5.41) is 6.33. The van der Waals surface area contributed by atoms with Gasteiger partial charge >= 0.3 is 0 Å². The summed E-state index contributed by atoms with van der Waals surface area (Å²) in [5.74, 6) is 0.363. The van der Waals surface area contributed by atoms with Crippen molar-refractivity contribution >= 4 is 11.7 Å². The van der Waals surface area contributed by atoms with Crippen molar-refractivity contribution in [1.29, 1.82) is 0 Å². The van der Waals surface area contributed by atoms with Crippen molar-refractivity contribution in [3.05, 3.63) is 65.5 Å². The van der Waals surface area contributed by atoms with Crippen LogP contribution >= 0.6 is 0 Å². The number of rotatable bonds is 11. The number of carbonyl (C=O) groups excluding carboxylic acids is 2. The van der Waals surface area contributed by atoms with E-state index in [9.17, 15) is 9.59 Å². The predicted molar refractivity (Wildman–Crippen MR) is 117 cm³/mol. The molecule has 2 aromatic rings. The zero-order chi connectivity index (χ0) is 21.2. The molecule has 0 aliphatic rings. The molecule has 0 spiro atoms. The third-order valence-corrected chi connectivity index (χ3v) is 4.96. The molecule has 0 bridgehead atoms. The Morgan fingerprint density at radius 2 is 1.69 bits per heavy atom. The van der Waals surface area contributed by atoms with Gasteiger partial charge in [0.05, 0.1) is 12.1 Å². The molecule has 5 heteroatoms. The highest BCUT2D eigenvalue weighted by atomic mass is 16.2. The second kappa shape index (κ2) is 11.5. The SMILES string of the molecule is CC(=O)C(Cc1ccc(C)cc1)NC(=O)[C@H](Cc1cccnc1)NCCC(C)C. The number of ketones is 1. The van der Waals surface area contributed by atoms with Crippen LogP contribution in [0.25, 0.3) is 0 Å². The normalized spacial score (nSPS) is 13.1. The molecule has 2 rings (SSSR count). The molecule has 5 nitrogen and oxygen atoms in total. The van der Waals surface area contributed by atoms with Crippen LogP contribution in [0.4, 0.5) is 0 Å². The van der Waals surface area contributed by atoms with Crippen LogP contribution in [-0.2, 0) is 22.4 Å². The highest BCUT2D eigenvalue weighted by molar-refractivity contribution is 5.90. The highest BCUT2D eigenvalue weighted by Crippen LogP contribution is 2.09. The molecule has 1 aromatic carbocycles. The van der Waals surface area contributed by atoms with E-state index in [-0.39, 0.29) is 11.7 Å². The smallest absolute Gasteiger partial charge is 0.238 e. The van der Waals surface area contributed by atoms with Gasteiger partial charge in [0.2, 0.25) is 5.91 Å². The van der Waals surface area contributed by atoms with Crippen LogP contribution in [0.2, 0.25) is 0 Å². The maximum Gasteiger partial charge on any atom is 0.238 e. The van der Waals surface area contributed by atoms with Crippen molar-refractivity contribution in [2.45, 2.75) is 59.0 Å². The Bertz CT molecular complexity index is 772. The van der Waals surface area contributed by atoms with E-state index < -0.39 is 12.1 Å². The summed E-state index contributed by atoms with van der Waals surface area (Å²) in [5.41, 5.74) is 3.19. The number of pyridine rings is 1. The molecule has 1 amide bonds. The standard InChI is InChI=1S/C24H33N3O2/c1-17(2)11-13-26-23(15-21-6-5-12-25-16-21)24(29)27-22(19(4)28)14-20-9-7-18(3)8-10-20/h5-10,12,16-17,22-23,26H,11,13-15H2,1-4H3,(H,27,29)/t22?,23-/m0/s1. The summed E-state index contributed by atoms with van der Waals surface area (Å²) in [4.78, 5) is 29.4. The lowest BCUT2D eigenvalue weighted by molar-refractivity contribution is -0.128. The van der Waals surface area contributed by atoms with Gasteiger partial charge in [-0.15, -0.1) is 0 Å². The minimum atomic E-state index is -0.534. The fraction of sp³-hybridized carbons (Fsp3) is 0.458. The van der Waals surface area contributed by atoms with Gasteiger partial charge in [0.15, 0.2) is 5.78 Å². The van der Waals surface area contributed by atoms with Gasteiger partial charge in [-0.1, -0.05) is 49.7 Å². The maximum atomic E-state index is 13.0. The lowest BCUT2D eigenvalue weighted by atomic mass is 10.0. The van der Waals surface area contributed by atoms with Crippen molar-refractivity contribution in [2.24, 2.45) is 5.92 Å². The number of benzene rings is 1. The number of nitrogens with zero attached hydrogens (tertiary/aromatic N) is 1. The van der Waals surface area contributed by atoms with E-state index in [2.05, 4.69) is 29.5 Å². The van der Waals surface area contributed by atoms with Crippen molar-refractivity contribution in [3.63, 3.8) is 0 Å². The van der Waals surface area contributed by atoms with Crippen LogP contribution in [-0.4, -0.2) is 35.3 Å². The van der Waals surface area contributed by atoms with E-state index in [0.717, 1.165) is 24.1 Å². The summed E-state index contributed by atoms with van der Waals surface area (Å²) in [6, 6.07) is 10.9. The predicted octanol–water partition coefficient (Wildman–Crippen LogP) is 3.25. The number of amides is 1. The van der Waals surface area contributed by atoms with Gasteiger partial charge < -0.3 is 10.6 Å². The van der Waals surface area contributed by atoms with E-state index in [4.69, 9.17) is 0 Å². The van der Waals surface area contributed by atoms with Crippen LogP contribution in [0.3, 0.4) is 0 Å². The number of hydrogen-bond acceptors (Lipinski definition) is 4. The first-order valence-electron chi connectivity index (χ1n) is 10.3. The lowest BCUT2D eigenvalue weighted by Gasteiger charge is -2.23. The summed E-state index contributed by atoms with van der Waals surface area (Å²) >= 11 is 0. The molecule has 0 radical (unpaired) electrons. The Kier molecular flexibility index (Phi) is 9.00. The average Bonchev–Trinajstić information content (AvgIpc) is 2.68. The highest BCUT2D eigenvalue weighted by Gasteiger charge is 2.24. The van der Waals surface area contributed by atoms with Crippen LogP contribution in [0.15, 0.2) is 48.8 Å². The van der Waals surface area contributed by atoms with E-state index in [1.807, 2.05) is 43.3 Å². The molecule has 0 fully saturated rings. The third kappa shape index (κ3) is 8.16. The molecule has 0 aliphatic heterocycles. The van der Waals surface area contributed by atoms with Gasteiger partial charge in [0.25, 0.3) is 0 Å².